The average Bonchev–Trinajstić information content (AvgIpc) is 2.81. The van der Waals surface area contributed by atoms with Gasteiger partial charge in [-0.3, -0.25) is 0 Å². The van der Waals surface area contributed by atoms with Crippen LogP contribution in [0.4, 0.5) is 0 Å². The van der Waals surface area contributed by atoms with Crippen LogP contribution in [-0.4, -0.2) is 21.8 Å². The molecular weight excluding hydrogens is 240 g/mol. The van der Waals surface area contributed by atoms with Crippen LogP contribution in [0, 0.1) is 0 Å². The number of aryl methyl sites for hydroxylation is 1. The molecule has 0 fully saturated rings. The summed E-state index contributed by atoms with van der Waals surface area (Å²) in [5.41, 5.74) is 3.00. The zero-order chi connectivity index (χ0) is 13.4. The molecule has 3 aromatic rings. The number of benzene rings is 1. The van der Waals surface area contributed by atoms with Crippen molar-refractivity contribution in [3.05, 3.63) is 42.7 Å². The van der Waals surface area contributed by atoms with Crippen molar-refractivity contribution >= 4 is 11.0 Å². The van der Waals surface area contributed by atoms with Gasteiger partial charge in [0, 0.05) is 24.8 Å². The Balaban J connectivity index is 2.24. The molecule has 0 unspecified atom stereocenters. The fourth-order valence-electron chi connectivity index (χ4n) is 2.26. The zero-order valence-corrected chi connectivity index (χ0v) is 10.8. The summed E-state index contributed by atoms with van der Waals surface area (Å²) in [5.74, 6) is 0.614. The predicted octanol–water partition coefficient (Wildman–Crippen LogP) is 2.95. The van der Waals surface area contributed by atoms with Crippen LogP contribution in [0.2, 0.25) is 0 Å². The number of rotatable bonds is 2. The number of pyridine rings is 1. The number of aromatic nitrogens is 2. The SMILES string of the molecule is COc1cc(-c2ccnc3c2ccn3C)ccc1O. The number of hydrogen-bond acceptors (Lipinski definition) is 3. The largest absolute Gasteiger partial charge is 0.504 e. The molecule has 1 aromatic carbocycles. The maximum absolute atomic E-state index is 9.66. The molecule has 4 heteroatoms. The van der Waals surface area contributed by atoms with Crippen molar-refractivity contribution in [3.8, 4) is 22.6 Å². The fourth-order valence-corrected chi connectivity index (χ4v) is 2.26. The minimum atomic E-state index is 0.143. The van der Waals surface area contributed by atoms with E-state index in [4.69, 9.17) is 4.74 Å². The van der Waals surface area contributed by atoms with Crippen LogP contribution in [0.25, 0.3) is 22.2 Å². The van der Waals surface area contributed by atoms with Crippen molar-refractivity contribution in [3.63, 3.8) is 0 Å². The Morgan fingerprint density at radius 1 is 1.21 bits per heavy atom. The lowest BCUT2D eigenvalue weighted by molar-refractivity contribution is 0.373. The summed E-state index contributed by atoms with van der Waals surface area (Å²) in [4.78, 5) is 4.37. The molecule has 0 aliphatic rings. The molecule has 3 rings (SSSR count). The van der Waals surface area contributed by atoms with E-state index in [1.165, 1.54) is 0 Å². The van der Waals surface area contributed by atoms with Gasteiger partial charge in [0.2, 0.25) is 0 Å². The first-order chi connectivity index (χ1) is 9.20. The van der Waals surface area contributed by atoms with Crippen LogP contribution in [0.1, 0.15) is 0 Å². The second-order valence-corrected chi connectivity index (χ2v) is 4.41. The Bertz CT molecular complexity index is 747. The number of phenols is 1. The quantitative estimate of drug-likeness (QED) is 0.764. The molecule has 0 saturated heterocycles. The summed E-state index contributed by atoms with van der Waals surface area (Å²) in [5, 5.41) is 10.7. The average molecular weight is 254 g/mol. The van der Waals surface area contributed by atoms with Crippen LogP contribution in [0.15, 0.2) is 42.7 Å². The van der Waals surface area contributed by atoms with Gasteiger partial charge in [-0.25, -0.2) is 4.98 Å². The van der Waals surface area contributed by atoms with Crippen molar-refractivity contribution in [1.29, 1.82) is 0 Å². The lowest BCUT2D eigenvalue weighted by Gasteiger charge is -2.08. The van der Waals surface area contributed by atoms with E-state index in [2.05, 4.69) is 4.98 Å². The number of fused-ring (bicyclic) bond motifs is 1. The van der Waals surface area contributed by atoms with E-state index in [0.717, 1.165) is 22.2 Å². The molecule has 0 saturated carbocycles. The van der Waals surface area contributed by atoms with Crippen LogP contribution in [0.5, 0.6) is 11.5 Å². The summed E-state index contributed by atoms with van der Waals surface area (Å²) >= 11 is 0. The third-order valence-corrected chi connectivity index (χ3v) is 3.26. The van der Waals surface area contributed by atoms with Crippen molar-refractivity contribution < 1.29 is 9.84 Å². The van der Waals surface area contributed by atoms with Crippen molar-refractivity contribution in [1.82, 2.24) is 9.55 Å². The molecule has 4 nitrogen and oxygen atoms in total. The number of ether oxygens (including phenoxy) is 1. The fraction of sp³-hybridized carbons (Fsp3) is 0.133. The Kier molecular flexibility index (Phi) is 2.63. The van der Waals surface area contributed by atoms with E-state index in [0.29, 0.717) is 5.75 Å². The molecule has 96 valence electrons. The highest BCUT2D eigenvalue weighted by atomic mass is 16.5. The van der Waals surface area contributed by atoms with E-state index in [1.807, 2.05) is 42.1 Å². The van der Waals surface area contributed by atoms with Crippen LogP contribution < -0.4 is 4.74 Å². The third-order valence-electron chi connectivity index (χ3n) is 3.26. The molecule has 0 aliphatic heterocycles. The van der Waals surface area contributed by atoms with E-state index < -0.39 is 0 Å². The standard InChI is InChI=1S/C15H14N2O2/c1-17-8-6-12-11(5-7-16-15(12)17)10-3-4-13(18)14(9-10)19-2/h3-9,18H,1-2H3. The lowest BCUT2D eigenvalue weighted by atomic mass is 10.0. The van der Waals surface area contributed by atoms with Gasteiger partial charge in [-0.1, -0.05) is 6.07 Å². The number of hydrogen-bond donors (Lipinski definition) is 1. The summed E-state index contributed by atoms with van der Waals surface area (Å²) < 4.78 is 7.14. The molecule has 0 amide bonds. The molecule has 0 aliphatic carbocycles. The number of methoxy groups -OCH3 is 1. The van der Waals surface area contributed by atoms with Crippen LogP contribution in [0.3, 0.4) is 0 Å². The summed E-state index contributed by atoms with van der Waals surface area (Å²) in [7, 11) is 3.51. The van der Waals surface area contributed by atoms with Gasteiger partial charge in [-0.05, 0) is 35.4 Å². The van der Waals surface area contributed by atoms with E-state index in [-0.39, 0.29) is 5.75 Å². The first-order valence-corrected chi connectivity index (χ1v) is 5.98. The van der Waals surface area contributed by atoms with Gasteiger partial charge in [0.1, 0.15) is 5.65 Å². The Hall–Kier alpha value is -2.49. The van der Waals surface area contributed by atoms with E-state index in [1.54, 1.807) is 19.4 Å². The van der Waals surface area contributed by atoms with Gasteiger partial charge < -0.3 is 14.4 Å². The second kappa shape index (κ2) is 4.31. The monoisotopic (exact) mass is 254 g/mol. The second-order valence-electron chi connectivity index (χ2n) is 4.41. The highest BCUT2D eigenvalue weighted by Gasteiger charge is 2.09. The van der Waals surface area contributed by atoms with Gasteiger partial charge in [-0.2, -0.15) is 0 Å². The predicted molar refractivity (Wildman–Crippen MR) is 74.4 cm³/mol. The molecule has 0 radical (unpaired) electrons. The molecule has 0 spiro atoms. The van der Waals surface area contributed by atoms with Crippen molar-refractivity contribution in [2.24, 2.45) is 7.05 Å². The normalized spacial score (nSPS) is 10.8. The number of phenolic OH excluding ortho intramolecular Hbond substituents is 1. The molecule has 2 aromatic heterocycles. The van der Waals surface area contributed by atoms with Gasteiger partial charge in [0.15, 0.2) is 11.5 Å². The molecular formula is C15H14N2O2. The molecule has 19 heavy (non-hydrogen) atoms. The Morgan fingerprint density at radius 2 is 2.05 bits per heavy atom. The van der Waals surface area contributed by atoms with Crippen LogP contribution >= 0.6 is 0 Å². The molecule has 2 heterocycles. The maximum atomic E-state index is 9.66. The van der Waals surface area contributed by atoms with E-state index >= 15 is 0 Å². The summed E-state index contributed by atoms with van der Waals surface area (Å²) in [6, 6.07) is 9.35. The highest BCUT2D eigenvalue weighted by molar-refractivity contribution is 5.93. The molecule has 1 N–H and O–H groups in total. The first kappa shape index (κ1) is 11.6. The molecule has 0 bridgehead atoms. The van der Waals surface area contributed by atoms with Gasteiger partial charge >= 0.3 is 0 Å². The van der Waals surface area contributed by atoms with Gasteiger partial charge in [0.25, 0.3) is 0 Å². The smallest absolute Gasteiger partial charge is 0.161 e. The Morgan fingerprint density at radius 3 is 2.84 bits per heavy atom. The third kappa shape index (κ3) is 1.81. The highest BCUT2D eigenvalue weighted by Crippen LogP contribution is 2.34. The van der Waals surface area contributed by atoms with Crippen molar-refractivity contribution in [2.75, 3.05) is 7.11 Å². The molecule has 0 atom stereocenters. The van der Waals surface area contributed by atoms with Crippen molar-refractivity contribution in [2.45, 2.75) is 0 Å². The van der Waals surface area contributed by atoms with Crippen LogP contribution in [-0.2, 0) is 7.05 Å². The van der Waals surface area contributed by atoms with Gasteiger partial charge in [-0.15, -0.1) is 0 Å². The minimum absolute atomic E-state index is 0.143. The summed E-state index contributed by atoms with van der Waals surface area (Å²) in [6.07, 6.45) is 3.77. The summed E-state index contributed by atoms with van der Waals surface area (Å²) in [6.45, 7) is 0. The minimum Gasteiger partial charge on any atom is -0.504 e. The zero-order valence-electron chi connectivity index (χ0n) is 10.8. The maximum Gasteiger partial charge on any atom is 0.161 e. The topological polar surface area (TPSA) is 47.3 Å². The van der Waals surface area contributed by atoms with Gasteiger partial charge in [0.05, 0.1) is 7.11 Å². The lowest BCUT2D eigenvalue weighted by Crippen LogP contribution is -1.89. The Labute approximate surface area is 110 Å². The number of aromatic hydroxyl groups is 1. The van der Waals surface area contributed by atoms with E-state index in [9.17, 15) is 5.11 Å². The first-order valence-electron chi connectivity index (χ1n) is 5.98. The number of nitrogens with zero attached hydrogens (tertiary/aromatic N) is 2.